The Balaban J connectivity index is 2.35. The van der Waals surface area contributed by atoms with Crippen molar-refractivity contribution in [3.8, 4) is 0 Å². The molecule has 1 aliphatic heterocycles. The molecule has 0 aromatic heterocycles. The van der Waals surface area contributed by atoms with Crippen molar-refractivity contribution in [3.63, 3.8) is 0 Å². The molecule has 4 nitrogen and oxygen atoms in total. The van der Waals surface area contributed by atoms with E-state index in [1.54, 1.807) is 6.92 Å². The molecular formula is C14H16F2N2O2S. The normalized spacial score (nSPS) is 17.9. The summed E-state index contributed by atoms with van der Waals surface area (Å²) in [5.74, 6) is -2.56. The molecule has 1 fully saturated rings. The van der Waals surface area contributed by atoms with Gasteiger partial charge in [-0.2, -0.15) is 0 Å². The molecule has 2 N–H and O–H groups in total. The highest BCUT2D eigenvalue weighted by Crippen LogP contribution is 2.31. The molecule has 0 spiro atoms. The van der Waals surface area contributed by atoms with Gasteiger partial charge < -0.3 is 15.4 Å². The third-order valence-corrected chi connectivity index (χ3v) is 3.67. The van der Waals surface area contributed by atoms with Crippen LogP contribution in [0.3, 0.4) is 0 Å². The van der Waals surface area contributed by atoms with Crippen LogP contribution in [0.4, 0.5) is 14.5 Å². The molecular weight excluding hydrogens is 298 g/mol. The lowest BCUT2D eigenvalue weighted by atomic mass is 10.1. The number of carbonyl (C=O) groups is 1. The van der Waals surface area contributed by atoms with Gasteiger partial charge in [0.1, 0.15) is 11.0 Å². The maximum atomic E-state index is 14.2. The van der Waals surface area contributed by atoms with Gasteiger partial charge in [0.05, 0.1) is 12.3 Å². The predicted octanol–water partition coefficient (Wildman–Crippen LogP) is 2.13. The number of ether oxygens (including phenoxy) is 1. The molecule has 0 bridgehead atoms. The minimum absolute atomic E-state index is 0.0306. The molecule has 7 heteroatoms. The Labute approximate surface area is 126 Å². The molecule has 21 heavy (non-hydrogen) atoms. The molecule has 1 aliphatic rings. The summed E-state index contributed by atoms with van der Waals surface area (Å²) in [5.41, 5.74) is 5.23. The Bertz CT molecular complexity index is 580. The van der Waals surface area contributed by atoms with Crippen LogP contribution in [0.2, 0.25) is 0 Å². The zero-order chi connectivity index (χ0) is 15.6. The number of hydrogen-bond acceptors (Lipinski definition) is 4. The number of nitrogens with zero attached hydrogens (tertiary/aromatic N) is 1. The van der Waals surface area contributed by atoms with Gasteiger partial charge in [0.25, 0.3) is 0 Å². The summed E-state index contributed by atoms with van der Waals surface area (Å²) in [5, 5.41) is 0. The summed E-state index contributed by atoms with van der Waals surface area (Å²) in [6.07, 6.45) is 1.26. The summed E-state index contributed by atoms with van der Waals surface area (Å²) < 4.78 is 33.1. The van der Waals surface area contributed by atoms with Crippen molar-refractivity contribution in [1.82, 2.24) is 0 Å². The van der Waals surface area contributed by atoms with Gasteiger partial charge in [-0.1, -0.05) is 12.2 Å². The Morgan fingerprint density at radius 1 is 1.48 bits per heavy atom. The van der Waals surface area contributed by atoms with Crippen LogP contribution >= 0.6 is 12.2 Å². The van der Waals surface area contributed by atoms with Crippen molar-refractivity contribution in [2.45, 2.75) is 25.8 Å². The van der Waals surface area contributed by atoms with Gasteiger partial charge in [-0.25, -0.2) is 13.6 Å². The molecule has 0 amide bonds. The number of esters is 1. The van der Waals surface area contributed by atoms with E-state index in [4.69, 9.17) is 10.5 Å². The van der Waals surface area contributed by atoms with E-state index < -0.39 is 23.6 Å². The van der Waals surface area contributed by atoms with Gasteiger partial charge in [-0.15, -0.1) is 0 Å². The molecule has 1 aromatic carbocycles. The van der Waals surface area contributed by atoms with Crippen LogP contribution in [0.1, 0.15) is 25.3 Å². The quantitative estimate of drug-likeness (QED) is 0.681. The second kappa shape index (κ2) is 6.34. The zero-order valence-corrected chi connectivity index (χ0v) is 12.4. The topological polar surface area (TPSA) is 55.6 Å². The van der Waals surface area contributed by atoms with Crippen LogP contribution in [0.5, 0.6) is 0 Å². The van der Waals surface area contributed by atoms with Gasteiger partial charge >= 0.3 is 5.97 Å². The van der Waals surface area contributed by atoms with E-state index in [0.29, 0.717) is 19.4 Å². The Morgan fingerprint density at radius 2 is 2.19 bits per heavy atom. The zero-order valence-electron chi connectivity index (χ0n) is 11.6. The fourth-order valence-electron chi connectivity index (χ4n) is 2.49. The van der Waals surface area contributed by atoms with Gasteiger partial charge in [0.2, 0.25) is 0 Å². The minimum atomic E-state index is -1.09. The van der Waals surface area contributed by atoms with Crippen molar-refractivity contribution >= 4 is 28.9 Å². The van der Waals surface area contributed by atoms with Crippen LogP contribution in [-0.2, 0) is 9.53 Å². The second-order valence-electron chi connectivity index (χ2n) is 4.73. The van der Waals surface area contributed by atoms with E-state index >= 15 is 0 Å². The number of halogens is 2. The van der Waals surface area contributed by atoms with E-state index in [-0.39, 0.29) is 22.8 Å². The van der Waals surface area contributed by atoms with Gasteiger partial charge in [-0.05, 0) is 31.9 Å². The lowest BCUT2D eigenvalue weighted by Crippen LogP contribution is -2.38. The third kappa shape index (κ3) is 2.97. The smallest absolute Gasteiger partial charge is 0.328 e. The predicted molar refractivity (Wildman–Crippen MR) is 79.2 cm³/mol. The number of carbonyl (C=O) groups excluding carboxylic acids is 1. The molecule has 0 aliphatic carbocycles. The van der Waals surface area contributed by atoms with Crippen LogP contribution in [0.15, 0.2) is 12.1 Å². The molecule has 1 unspecified atom stereocenters. The van der Waals surface area contributed by atoms with Crippen LogP contribution < -0.4 is 10.6 Å². The summed E-state index contributed by atoms with van der Waals surface area (Å²) >= 11 is 4.67. The summed E-state index contributed by atoms with van der Waals surface area (Å²) in [4.78, 5) is 13.2. The highest BCUT2D eigenvalue weighted by Gasteiger charge is 2.34. The van der Waals surface area contributed by atoms with Crippen LogP contribution in [-0.4, -0.2) is 30.2 Å². The molecule has 2 rings (SSSR count). The number of benzene rings is 1. The van der Waals surface area contributed by atoms with Crippen LogP contribution in [0.25, 0.3) is 0 Å². The summed E-state index contributed by atoms with van der Waals surface area (Å²) in [7, 11) is 0. The fourth-order valence-corrected chi connectivity index (χ4v) is 2.65. The molecule has 1 atom stereocenters. The molecule has 1 heterocycles. The van der Waals surface area contributed by atoms with Crippen molar-refractivity contribution in [1.29, 1.82) is 0 Å². The SMILES string of the molecule is CCOC(=O)C1CCCN1c1ccc(C(N)=S)c(F)c1F. The average molecular weight is 314 g/mol. The number of hydrogen-bond donors (Lipinski definition) is 1. The number of thiocarbonyl (C=S) groups is 1. The maximum Gasteiger partial charge on any atom is 0.328 e. The molecule has 1 saturated heterocycles. The van der Waals surface area contributed by atoms with E-state index in [9.17, 15) is 13.6 Å². The van der Waals surface area contributed by atoms with Crippen molar-refractivity contribution < 1.29 is 18.3 Å². The minimum Gasteiger partial charge on any atom is -0.464 e. The lowest BCUT2D eigenvalue weighted by molar-refractivity contribution is -0.144. The van der Waals surface area contributed by atoms with Crippen molar-refractivity contribution in [2.75, 3.05) is 18.1 Å². The lowest BCUT2D eigenvalue weighted by Gasteiger charge is -2.26. The van der Waals surface area contributed by atoms with E-state index in [1.165, 1.54) is 17.0 Å². The van der Waals surface area contributed by atoms with Crippen LogP contribution in [0, 0.1) is 11.6 Å². The van der Waals surface area contributed by atoms with E-state index in [1.807, 2.05) is 0 Å². The Morgan fingerprint density at radius 3 is 2.81 bits per heavy atom. The number of rotatable bonds is 4. The first-order valence-corrected chi connectivity index (χ1v) is 7.09. The van der Waals surface area contributed by atoms with Gasteiger partial charge in [0.15, 0.2) is 11.6 Å². The van der Waals surface area contributed by atoms with Crippen molar-refractivity contribution in [3.05, 3.63) is 29.3 Å². The van der Waals surface area contributed by atoms with E-state index in [0.717, 1.165) is 0 Å². The number of nitrogens with two attached hydrogens (primary N) is 1. The first-order valence-electron chi connectivity index (χ1n) is 6.68. The van der Waals surface area contributed by atoms with E-state index in [2.05, 4.69) is 12.2 Å². The highest BCUT2D eigenvalue weighted by molar-refractivity contribution is 7.80. The Kier molecular flexibility index (Phi) is 4.72. The molecule has 114 valence electrons. The second-order valence-corrected chi connectivity index (χ2v) is 5.17. The monoisotopic (exact) mass is 314 g/mol. The van der Waals surface area contributed by atoms with Gasteiger partial charge in [-0.3, -0.25) is 0 Å². The van der Waals surface area contributed by atoms with Gasteiger partial charge in [0, 0.05) is 12.1 Å². The molecule has 1 aromatic rings. The maximum absolute atomic E-state index is 14.2. The standard InChI is InChI=1S/C14H16F2N2O2S/c1-2-20-14(19)10-4-3-7-18(10)9-6-5-8(13(17)21)11(15)12(9)16/h5-6,10H,2-4,7H2,1H3,(H2,17,21). The fraction of sp³-hybridized carbons (Fsp3) is 0.429. The number of anilines is 1. The first kappa shape index (κ1) is 15.6. The summed E-state index contributed by atoms with van der Waals surface area (Å²) in [6, 6.07) is 2.13. The molecule has 0 saturated carbocycles. The molecule has 0 radical (unpaired) electrons. The third-order valence-electron chi connectivity index (χ3n) is 3.45. The Hall–Kier alpha value is -1.76. The summed E-state index contributed by atoms with van der Waals surface area (Å²) in [6.45, 7) is 2.42. The first-order chi connectivity index (χ1) is 9.97. The van der Waals surface area contributed by atoms with Crippen molar-refractivity contribution in [2.24, 2.45) is 5.73 Å². The highest BCUT2D eigenvalue weighted by atomic mass is 32.1. The average Bonchev–Trinajstić information content (AvgIpc) is 2.90. The largest absolute Gasteiger partial charge is 0.464 e.